The van der Waals surface area contributed by atoms with Crippen molar-refractivity contribution in [3.8, 4) is 0 Å². The van der Waals surface area contributed by atoms with E-state index in [2.05, 4.69) is 21.2 Å². The molecule has 0 aromatic heterocycles. The highest BCUT2D eigenvalue weighted by molar-refractivity contribution is 9.10. The third kappa shape index (κ3) is 3.28. The van der Waals surface area contributed by atoms with Gasteiger partial charge in [-0.05, 0) is 48.9 Å². The number of aryl methyl sites for hydroxylation is 1. The third-order valence-electron chi connectivity index (χ3n) is 2.68. The molecular weight excluding hydrogens is 328 g/mol. The summed E-state index contributed by atoms with van der Waals surface area (Å²) in [6.07, 6.45) is 0. The minimum absolute atomic E-state index is 0.276. The van der Waals surface area contributed by atoms with E-state index in [0.29, 0.717) is 22.0 Å². The standard InChI is InChI=1S/C14H12BrClN2O/c1-8-6-10(3-4-12(8)15)18-14(19)11-7-9(16)2-5-13(11)17/h2-7H,17H2,1H3,(H,18,19). The SMILES string of the molecule is Cc1cc(NC(=O)c2cc(Cl)ccc2N)ccc1Br. The van der Waals surface area contributed by atoms with Crippen LogP contribution in [0.4, 0.5) is 11.4 Å². The molecule has 0 aliphatic rings. The largest absolute Gasteiger partial charge is 0.398 e. The molecule has 2 aromatic carbocycles. The molecule has 0 radical (unpaired) electrons. The Morgan fingerprint density at radius 3 is 2.68 bits per heavy atom. The Morgan fingerprint density at radius 2 is 2.00 bits per heavy atom. The zero-order valence-electron chi connectivity index (χ0n) is 10.2. The molecule has 0 aliphatic carbocycles. The van der Waals surface area contributed by atoms with Crippen molar-refractivity contribution < 1.29 is 4.79 Å². The molecule has 1 amide bonds. The van der Waals surface area contributed by atoms with Crippen molar-refractivity contribution in [3.63, 3.8) is 0 Å². The van der Waals surface area contributed by atoms with E-state index in [1.54, 1.807) is 18.2 Å². The molecule has 0 fully saturated rings. The Morgan fingerprint density at radius 1 is 1.26 bits per heavy atom. The Kier molecular flexibility index (Phi) is 4.12. The molecule has 3 N–H and O–H groups in total. The number of benzene rings is 2. The summed E-state index contributed by atoms with van der Waals surface area (Å²) in [7, 11) is 0. The lowest BCUT2D eigenvalue weighted by Crippen LogP contribution is -2.14. The van der Waals surface area contributed by atoms with E-state index < -0.39 is 0 Å². The molecule has 0 atom stereocenters. The van der Waals surface area contributed by atoms with E-state index in [4.69, 9.17) is 17.3 Å². The van der Waals surface area contributed by atoms with E-state index in [9.17, 15) is 4.79 Å². The van der Waals surface area contributed by atoms with Crippen LogP contribution in [0.3, 0.4) is 0 Å². The first kappa shape index (κ1) is 13.9. The zero-order valence-corrected chi connectivity index (χ0v) is 12.5. The number of carbonyl (C=O) groups is 1. The Bertz CT molecular complexity index is 643. The summed E-state index contributed by atoms with van der Waals surface area (Å²) in [5.41, 5.74) is 8.29. The van der Waals surface area contributed by atoms with Gasteiger partial charge in [-0.1, -0.05) is 27.5 Å². The maximum atomic E-state index is 12.1. The van der Waals surface area contributed by atoms with E-state index >= 15 is 0 Å². The summed E-state index contributed by atoms with van der Waals surface area (Å²) in [6.45, 7) is 1.95. The molecule has 2 aromatic rings. The Balaban J connectivity index is 2.25. The van der Waals surface area contributed by atoms with Gasteiger partial charge in [0, 0.05) is 20.9 Å². The van der Waals surface area contributed by atoms with Crippen molar-refractivity contribution in [2.45, 2.75) is 6.92 Å². The number of nitrogen functional groups attached to an aromatic ring is 1. The number of rotatable bonds is 2. The molecule has 98 valence electrons. The highest BCUT2D eigenvalue weighted by Gasteiger charge is 2.11. The van der Waals surface area contributed by atoms with Gasteiger partial charge in [-0.3, -0.25) is 4.79 Å². The second-order valence-corrected chi connectivity index (χ2v) is 5.44. The summed E-state index contributed by atoms with van der Waals surface area (Å²) in [5, 5.41) is 3.27. The van der Waals surface area contributed by atoms with Crippen LogP contribution in [-0.4, -0.2) is 5.91 Å². The van der Waals surface area contributed by atoms with Gasteiger partial charge in [0.25, 0.3) is 5.91 Å². The van der Waals surface area contributed by atoms with Crippen LogP contribution in [0.15, 0.2) is 40.9 Å². The summed E-state index contributed by atoms with van der Waals surface area (Å²) >= 11 is 9.28. The maximum absolute atomic E-state index is 12.1. The smallest absolute Gasteiger partial charge is 0.257 e. The predicted molar refractivity (Wildman–Crippen MR) is 82.7 cm³/mol. The summed E-state index contributed by atoms with van der Waals surface area (Å²) in [4.78, 5) is 12.1. The van der Waals surface area contributed by atoms with Gasteiger partial charge in [0.1, 0.15) is 0 Å². The molecule has 0 heterocycles. The molecule has 0 unspecified atom stereocenters. The predicted octanol–water partition coefficient (Wildman–Crippen LogP) is 4.25. The van der Waals surface area contributed by atoms with Gasteiger partial charge in [0.2, 0.25) is 0 Å². The molecule has 0 saturated carbocycles. The summed E-state index contributed by atoms with van der Waals surface area (Å²) in [5.74, 6) is -0.276. The summed E-state index contributed by atoms with van der Waals surface area (Å²) in [6, 6.07) is 10.4. The molecule has 0 spiro atoms. The van der Waals surface area contributed by atoms with Crippen LogP contribution in [0, 0.1) is 6.92 Å². The minimum atomic E-state index is -0.276. The van der Waals surface area contributed by atoms with Crippen LogP contribution in [0.5, 0.6) is 0 Å². The van der Waals surface area contributed by atoms with Crippen LogP contribution in [0.2, 0.25) is 5.02 Å². The number of nitrogens with two attached hydrogens (primary N) is 1. The molecule has 19 heavy (non-hydrogen) atoms. The number of anilines is 2. The van der Waals surface area contributed by atoms with E-state index in [1.165, 1.54) is 0 Å². The lowest BCUT2D eigenvalue weighted by molar-refractivity contribution is 0.102. The van der Waals surface area contributed by atoms with Crippen LogP contribution >= 0.6 is 27.5 Å². The average molecular weight is 340 g/mol. The monoisotopic (exact) mass is 338 g/mol. The number of hydrogen-bond donors (Lipinski definition) is 2. The fourth-order valence-corrected chi connectivity index (χ4v) is 2.06. The fourth-order valence-electron chi connectivity index (χ4n) is 1.65. The van der Waals surface area contributed by atoms with Crippen molar-refractivity contribution in [2.24, 2.45) is 0 Å². The lowest BCUT2D eigenvalue weighted by Gasteiger charge is -2.09. The maximum Gasteiger partial charge on any atom is 0.257 e. The minimum Gasteiger partial charge on any atom is -0.398 e. The molecular formula is C14H12BrClN2O. The highest BCUT2D eigenvalue weighted by Crippen LogP contribution is 2.22. The first-order chi connectivity index (χ1) is 8.97. The molecule has 2 rings (SSSR count). The molecule has 0 bridgehead atoms. The number of carbonyl (C=O) groups excluding carboxylic acids is 1. The number of nitrogens with one attached hydrogen (secondary N) is 1. The normalized spacial score (nSPS) is 10.3. The van der Waals surface area contributed by atoms with Crippen molar-refractivity contribution in [1.82, 2.24) is 0 Å². The summed E-state index contributed by atoms with van der Waals surface area (Å²) < 4.78 is 0.993. The Labute approximate surface area is 124 Å². The first-order valence-electron chi connectivity index (χ1n) is 5.60. The Hall–Kier alpha value is -1.52. The van der Waals surface area contributed by atoms with Crippen molar-refractivity contribution in [3.05, 3.63) is 57.0 Å². The van der Waals surface area contributed by atoms with Crippen LogP contribution < -0.4 is 11.1 Å². The lowest BCUT2D eigenvalue weighted by atomic mass is 10.1. The van der Waals surface area contributed by atoms with Gasteiger partial charge in [-0.15, -0.1) is 0 Å². The number of hydrogen-bond acceptors (Lipinski definition) is 2. The van der Waals surface area contributed by atoms with Gasteiger partial charge in [0.05, 0.1) is 5.56 Å². The van der Waals surface area contributed by atoms with Gasteiger partial charge >= 0.3 is 0 Å². The van der Waals surface area contributed by atoms with Crippen LogP contribution in [0.25, 0.3) is 0 Å². The number of amides is 1. The van der Waals surface area contributed by atoms with E-state index in [0.717, 1.165) is 10.0 Å². The van der Waals surface area contributed by atoms with Crippen molar-refractivity contribution in [1.29, 1.82) is 0 Å². The zero-order chi connectivity index (χ0) is 14.0. The number of halogens is 2. The highest BCUT2D eigenvalue weighted by atomic mass is 79.9. The van der Waals surface area contributed by atoms with Gasteiger partial charge < -0.3 is 11.1 Å². The fraction of sp³-hybridized carbons (Fsp3) is 0.0714. The van der Waals surface area contributed by atoms with Crippen LogP contribution in [-0.2, 0) is 0 Å². The molecule has 0 saturated heterocycles. The third-order valence-corrected chi connectivity index (χ3v) is 3.80. The van der Waals surface area contributed by atoms with Gasteiger partial charge in [-0.25, -0.2) is 0 Å². The van der Waals surface area contributed by atoms with Crippen LogP contribution in [0.1, 0.15) is 15.9 Å². The van der Waals surface area contributed by atoms with Crippen molar-refractivity contribution >= 4 is 44.8 Å². The van der Waals surface area contributed by atoms with Gasteiger partial charge in [0.15, 0.2) is 0 Å². The molecule has 3 nitrogen and oxygen atoms in total. The topological polar surface area (TPSA) is 55.1 Å². The van der Waals surface area contributed by atoms with E-state index in [-0.39, 0.29) is 5.91 Å². The van der Waals surface area contributed by atoms with E-state index in [1.807, 2.05) is 25.1 Å². The average Bonchev–Trinajstić information content (AvgIpc) is 2.36. The van der Waals surface area contributed by atoms with Crippen molar-refractivity contribution in [2.75, 3.05) is 11.1 Å². The second-order valence-electron chi connectivity index (χ2n) is 4.15. The van der Waals surface area contributed by atoms with Gasteiger partial charge in [-0.2, -0.15) is 0 Å². The first-order valence-corrected chi connectivity index (χ1v) is 6.77. The second kappa shape index (κ2) is 5.63. The quantitative estimate of drug-likeness (QED) is 0.804. The molecule has 0 aliphatic heterocycles. The molecule has 5 heteroatoms.